The summed E-state index contributed by atoms with van der Waals surface area (Å²) in [5.41, 5.74) is -1.57. The molecule has 0 aromatic carbocycles. The molecular formula is C9H16N2O4S. The van der Waals surface area contributed by atoms with E-state index in [-0.39, 0.29) is 6.42 Å². The number of carbonyl (C=O) groups is 1. The lowest BCUT2D eigenvalue weighted by atomic mass is 10.1. The third-order valence-electron chi connectivity index (χ3n) is 2.57. The number of carboxylic acid groups (broad SMARTS) is 1. The number of nitrogens with zero attached hydrogens (tertiary/aromatic N) is 2. The van der Waals surface area contributed by atoms with Gasteiger partial charge in [0.25, 0.3) is 0 Å². The van der Waals surface area contributed by atoms with Crippen LogP contribution in [0.1, 0.15) is 27.2 Å². The van der Waals surface area contributed by atoms with Crippen molar-refractivity contribution in [2.45, 2.75) is 38.0 Å². The van der Waals surface area contributed by atoms with Crippen molar-refractivity contribution >= 4 is 16.0 Å². The van der Waals surface area contributed by atoms with Gasteiger partial charge in [0, 0.05) is 7.05 Å². The highest BCUT2D eigenvalue weighted by atomic mass is 32.2. The van der Waals surface area contributed by atoms with Crippen LogP contribution >= 0.6 is 0 Å². The molecule has 0 spiro atoms. The summed E-state index contributed by atoms with van der Waals surface area (Å²) in [6.07, 6.45) is 0.124. The average molecular weight is 248 g/mol. The Morgan fingerprint density at radius 3 is 2.25 bits per heavy atom. The number of hydrogen-bond donors (Lipinski definition) is 1. The summed E-state index contributed by atoms with van der Waals surface area (Å²) in [7, 11) is -2.74. The summed E-state index contributed by atoms with van der Waals surface area (Å²) in [6.45, 7) is 4.11. The van der Waals surface area contributed by atoms with E-state index >= 15 is 0 Å². The Bertz CT molecular complexity index is 408. The predicted octanol–water partition coefficient (Wildman–Crippen LogP) is 0.413. The van der Waals surface area contributed by atoms with E-state index in [0.717, 1.165) is 4.31 Å². The molecule has 1 atom stereocenters. The van der Waals surface area contributed by atoms with Crippen molar-refractivity contribution in [3.63, 3.8) is 0 Å². The quantitative estimate of drug-likeness (QED) is 0.760. The van der Waals surface area contributed by atoms with Crippen LogP contribution in [-0.4, -0.2) is 41.6 Å². The van der Waals surface area contributed by atoms with Gasteiger partial charge in [-0.1, -0.05) is 6.92 Å². The first-order valence-corrected chi connectivity index (χ1v) is 6.23. The van der Waals surface area contributed by atoms with Gasteiger partial charge in [-0.3, -0.25) is 4.79 Å². The highest BCUT2D eigenvalue weighted by Crippen LogP contribution is 2.21. The zero-order valence-corrected chi connectivity index (χ0v) is 10.6. The zero-order valence-electron chi connectivity index (χ0n) is 9.76. The van der Waals surface area contributed by atoms with Crippen molar-refractivity contribution in [3.8, 4) is 6.07 Å². The van der Waals surface area contributed by atoms with Crippen LogP contribution in [0.25, 0.3) is 0 Å². The molecule has 6 nitrogen and oxygen atoms in total. The van der Waals surface area contributed by atoms with Crippen molar-refractivity contribution < 1.29 is 18.3 Å². The van der Waals surface area contributed by atoms with Gasteiger partial charge >= 0.3 is 5.97 Å². The van der Waals surface area contributed by atoms with Gasteiger partial charge in [-0.2, -0.15) is 9.57 Å². The van der Waals surface area contributed by atoms with Gasteiger partial charge < -0.3 is 5.11 Å². The minimum Gasteiger partial charge on any atom is -0.480 e. The standard InChI is InChI=1S/C9H16N2O4S/c1-5-7(6-10)16(14,15)11(4)9(2,3)8(12)13/h7H,5H2,1-4H3,(H,12,13). The number of carboxylic acids is 1. The lowest BCUT2D eigenvalue weighted by Crippen LogP contribution is -2.53. The normalized spacial score (nSPS) is 14.5. The maximum Gasteiger partial charge on any atom is 0.324 e. The van der Waals surface area contributed by atoms with Crippen molar-refractivity contribution in [2.24, 2.45) is 0 Å². The van der Waals surface area contributed by atoms with Crippen LogP contribution in [0, 0.1) is 11.3 Å². The fourth-order valence-corrected chi connectivity index (χ4v) is 2.66. The number of aliphatic carboxylic acids is 1. The van der Waals surface area contributed by atoms with Crippen LogP contribution in [0.4, 0.5) is 0 Å². The lowest BCUT2D eigenvalue weighted by molar-refractivity contribution is -0.145. The molecule has 0 aromatic heterocycles. The summed E-state index contributed by atoms with van der Waals surface area (Å²) in [6, 6.07) is 1.66. The lowest BCUT2D eigenvalue weighted by Gasteiger charge is -2.31. The number of rotatable bonds is 5. The third kappa shape index (κ3) is 2.51. The van der Waals surface area contributed by atoms with Crippen LogP contribution in [0.15, 0.2) is 0 Å². The Morgan fingerprint density at radius 2 is 2.00 bits per heavy atom. The molecule has 0 radical (unpaired) electrons. The smallest absolute Gasteiger partial charge is 0.324 e. The molecule has 1 unspecified atom stereocenters. The van der Waals surface area contributed by atoms with E-state index in [2.05, 4.69) is 0 Å². The molecule has 0 aromatic rings. The fraction of sp³-hybridized carbons (Fsp3) is 0.778. The molecule has 0 aliphatic carbocycles. The fourth-order valence-electron chi connectivity index (χ4n) is 1.01. The molecule has 0 saturated carbocycles. The van der Waals surface area contributed by atoms with E-state index in [9.17, 15) is 13.2 Å². The first-order valence-electron chi connectivity index (χ1n) is 4.73. The predicted molar refractivity (Wildman–Crippen MR) is 58.1 cm³/mol. The van der Waals surface area contributed by atoms with Crippen molar-refractivity contribution in [3.05, 3.63) is 0 Å². The molecule has 0 rings (SSSR count). The van der Waals surface area contributed by atoms with E-state index in [0.29, 0.717) is 0 Å². The van der Waals surface area contributed by atoms with Crippen LogP contribution < -0.4 is 0 Å². The number of nitriles is 1. The Balaban J connectivity index is 5.37. The highest BCUT2D eigenvalue weighted by Gasteiger charge is 2.42. The van der Waals surface area contributed by atoms with Gasteiger partial charge in [-0.15, -0.1) is 0 Å². The van der Waals surface area contributed by atoms with Crippen LogP contribution in [0.2, 0.25) is 0 Å². The van der Waals surface area contributed by atoms with Crippen LogP contribution in [0.3, 0.4) is 0 Å². The average Bonchev–Trinajstić information content (AvgIpc) is 2.17. The Labute approximate surface area is 95.5 Å². The molecule has 0 fully saturated rings. The summed E-state index contributed by atoms with van der Waals surface area (Å²) >= 11 is 0. The Hall–Kier alpha value is -1.13. The van der Waals surface area contributed by atoms with Gasteiger partial charge in [0.15, 0.2) is 5.25 Å². The second-order valence-corrected chi connectivity index (χ2v) is 6.05. The maximum atomic E-state index is 11.9. The van der Waals surface area contributed by atoms with E-state index in [4.69, 9.17) is 10.4 Å². The minimum absolute atomic E-state index is 0.124. The SMILES string of the molecule is CCC(C#N)S(=O)(=O)N(C)C(C)(C)C(=O)O. The molecule has 1 N–H and O–H groups in total. The van der Waals surface area contributed by atoms with E-state index in [1.165, 1.54) is 20.9 Å². The second kappa shape index (κ2) is 4.80. The van der Waals surface area contributed by atoms with E-state index in [1.807, 2.05) is 0 Å². The highest BCUT2D eigenvalue weighted by molar-refractivity contribution is 7.90. The molecule has 92 valence electrons. The topological polar surface area (TPSA) is 98.5 Å². The number of likely N-dealkylation sites (N-methyl/N-ethyl adjacent to an activating group) is 1. The molecule has 0 amide bonds. The Morgan fingerprint density at radius 1 is 1.56 bits per heavy atom. The van der Waals surface area contributed by atoms with Gasteiger partial charge in [0.05, 0.1) is 6.07 Å². The van der Waals surface area contributed by atoms with Crippen LogP contribution in [-0.2, 0) is 14.8 Å². The molecule has 16 heavy (non-hydrogen) atoms. The number of sulfonamides is 1. The molecule has 7 heteroatoms. The minimum atomic E-state index is -3.91. The summed E-state index contributed by atoms with van der Waals surface area (Å²) in [5, 5.41) is 16.4. The first kappa shape index (κ1) is 14.9. The third-order valence-corrected chi connectivity index (χ3v) is 4.94. The van der Waals surface area contributed by atoms with Gasteiger partial charge in [0.1, 0.15) is 5.54 Å². The molecule has 0 aliphatic rings. The monoisotopic (exact) mass is 248 g/mol. The second-order valence-electron chi connectivity index (χ2n) is 3.90. The Kier molecular flexibility index (Phi) is 4.46. The molecule has 0 aliphatic heterocycles. The summed E-state index contributed by atoms with van der Waals surface area (Å²) in [5.74, 6) is -1.26. The maximum absolute atomic E-state index is 11.9. The van der Waals surface area contributed by atoms with Crippen LogP contribution in [0.5, 0.6) is 0 Å². The zero-order chi connectivity index (χ0) is 13.1. The number of hydrogen-bond acceptors (Lipinski definition) is 4. The van der Waals surface area contributed by atoms with E-state index < -0.39 is 26.8 Å². The largest absolute Gasteiger partial charge is 0.480 e. The van der Waals surface area contributed by atoms with Gasteiger partial charge in [0.2, 0.25) is 10.0 Å². The molecule has 0 bridgehead atoms. The van der Waals surface area contributed by atoms with E-state index in [1.54, 1.807) is 13.0 Å². The van der Waals surface area contributed by atoms with Crippen molar-refractivity contribution in [1.82, 2.24) is 4.31 Å². The van der Waals surface area contributed by atoms with Crippen molar-refractivity contribution in [2.75, 3.05) is 7.05 Å². The summed E-state index contributed by atoms with van der Waals surface area (Å²) < 4.78 is 24.5. The molecule has 0 saturated heterocycles. The molecule has 0 heterocycles. The van der Waals surface area contributed by atoms with Gasteiger partial charge in [-0.25, -0.2) is 8.42 Å². The summed E-state index contributed by atoms with van der Waals surface area (Å²) in [4.78, 5) is 10.9. The first-order chi connectivity index (χ1) is 7.12. The molecular weight excluding hydrogens is 232 g/mol. The van der Waals surface area contributed by atoms with Crippen molar-refractivity contribution in [1.29, 1.82) is 5.26 Å². The van der Waals surface area contributed by atoms with Gasteiger partial charge in [-0.05, 0) is 20.3 Å².